The first-order valence-electron chi connectivity index (χ1n) is 6.99. The summed E-state index contributed by atoms with van der Waals surface area (Å²) in [5.74, 6) is 1.59. The van der Waals surface area contributed by atoms with Crippen LogP contribution in [0.3, 0.4) is 0 Å². The van der Waals surface area contributed by atoms with Crippen LogP contribution < -0.4 is 14.8 Å². The molecule has 0 unspecified atom stereocenters. The molecule has 0 fully saturated rings. The maximum atomic E-state index is 5.40. The molecule has 1 aromatic carbocycles. The lowest BCUT2D eigenvalue weighted by Crippen LogP contribution is -2.19. The summed E-state index contributed by atoms with van der Waals surface area (Å²) in [6.07, 6.45) is 0. The molecule has 0 radical (unpaired) electrons. The van der Waals surface area contributed by atoms with Crippen molar-refractivity contribution in [2.45, 2.75) is 13.5 Å². The molecular weight excluding hydrogens is 288 g/mol. The van der Waals surface area contributed by atoms with Crippen molar-refractivity contribution >= 4 is 11.3 Å². The monoisotopic (exact) mass is 306 g/mol. The van der Waals surface area contributed by atoms with Crippen LogP contribution in [0.2, 0.25) is 0 Å². The molecular formula is C15H18N2O3S. The molecule has 1 aromatic heterocycles. The quantitative estimate of drug-likeness (QED) is 0.797. The van der Waals surface area contributed by atoms with Crippen molar-refractivity contribution in [2.24, 2.45) is 0 Å². The average molecular weight is 306 g/mol. The molecule has 21 heavy (non-hydrogen) atoms. The summed E-state index contributed by atoms with van der Waals surface area (Å²) >= 11 is 1.64. The highest BCUT2D eigenvalue weighted by molar-refractivity contribution is 7.13. The number of thiazole rings is 1. The molecule has 6 heteroatoms. The molecule has 2 aromatic rings. The average Bonchev–Trinajstić information content (AvgIpc) is 3.15. The Morgan fingerprint density at radius 3 is 3.14 bits per heavy atom. The maximum absolute atomic E-state index is 5.40. The molecule has 1 aliphatic heterocycles. The Balaban J connectivity index is 1.59. The van der Waals surface area contributed by atoms with E-state index in [1.54, 1.807) is 11.3 Å². The number of nitrogens with one attached hydrogen (secondary N) is 1. The Hall–Kier alpha value is -1.63. The number of rotatable bonds is 7. The van der Waals surface area contributed by atoms with Gasteiger partial charge in [-0.1, -0.05) is 0 Å². The molecule has 0 saturated heterocycles. The van der Waals surface area contributed by atoms with Crippen LogP contribution in [0.1, 0.15) is 12.6 Å². The third-order valence-corrected chi connectivity index (χ3v) is 4.04. The van der Waals surface area contributed by atoms with Gasteiger partial charge in [-0.05, 0) is 25.1 Å². The summed E-state index contributed by atoms with van der Waals surface area (Å²) in [6, 6.07) is 5.92. The van der Waals surface area contributed by atoms with E-state index >= 15 is 0 Å². The van der Waals surface area contributed by atoms with E-state index in [-0.39, 0.29) is 0 Å². The normalized spacial score (nSPS) is 12.8. The van der Waals surface area contributed by atoms with Gasteiger partial charge in [0.05, 0.1) is 12.3 Å². The van der Waals surface area contributed by atoms with Crippen LogP contribution in [0.5, 0.6) is 11.5 Å². The van der Waals surface area contributed by atoms with E-state index in [1.807, 2.05) is 25.1 Å². The Bertz CT molecular complexity index is 600. The summed E-state index contributed by atoms with van der Waals surface area (Å²) in [7, 11) is 0. The first-order valence-corrected chi connectivity index (χ1v) is 7.87. The van der Waals surface area contributed by atoms with Crippen molar-refractivity contribution in [2.75, 3.05) is 26.6 Å². The fourth-order valence-electron chi connectivity index (χ4n) is 2.06. The van der Waals surface area contributed by atoms with Gasteiger partial charge < -0.3 is 19.5 Å². The van der Waals surface area contributed by atoms with Crippen molar-refractivity contribution < 1.29 is 14.2 Å². The zero-order valence-electron chi connectivity index (χ0n) is 11.9. The van der Waals surface area contributed by atoms with Crippen molar-refractivity contribution in [3.8, 4) is 22.1 Å². The SMILES string of the molecule is CCOCCNCc1csc(-c2ccc3c(c2)OCO3)n1. The summed E-state index contributed by atoms with van der Waals surface area (Å²) < 4.78 is 16.0. The van der Waals surface area contributed by atoms with Crippen LogP contribution in [0.15, 0.2) is 23.6 Å². The van der Waals surface area contributed by atoms with E-state index in [0.717, 1.165) is 54.1 Å². The van der Waals surface area contributed by atoms with E-state index in [9.17, 15) is 0 Å². The molecule has 5 nitrogen and oxygen atoms in total. The van der Waals surface area contributed by atoms with E-state index in [2.05, 4.69) is 15.7 Å². The molecule has 0 amide bonds. The predicted molar refractivity (Wildman–Crippen MR) is 81.9 cm³/mol. The number of hydrogen-bond donors (Lipinski definition) is 1. The molecule has 0 spiro atoms. The lowest BCUT2D eigenvalue weighted by atomic mass is 10.2. The molecule has 0 saturated carbocycles. The first-order chi connectivity index (χ1) is 10.4. The van der Waals surface area contributed by atoms with Crippen LogP contribution in [-0.4, -0.2) is 31.5 Å². The zero-order chi connectivity index (χ0) is 14.5. The Morgan fingerprint density at radius 1 is 1.33 bits per heavy atom. The summed E-state index contributed by atoms with van der Waals surface area (Å²) in [4.78, 5) is 4.64. The smallest absolute Gasteiger partial charge is 0.231 e. The van der Waals surface area contributed by atoms with Crippen LogP contribution in [0, 0.1) is 0 Å². The highest BCUT2D eigenvalue weighted by Gasteiger charge is 2.15. The lowest BCUT2D eigenvalue weighted by Gasteiger charge is -2.02. The number of fused-ring (bicyclic) bond motifs is 1. The second kappa shape index (κ2) is 6.89. The van der Waals surface area contributed by atoms with Gasteiger partial charge in [-0.15, -0.1) is 11.3 Å². The van der Waals surface area contributed by atoms with Crippen LogP contribution in [0.25, 0.3) is 10.6 Å². The molecule has 1 aliphatic rings. The number of benzene rings is 1. The highest BCUT2D eigenvalue weighted by atomic mass is 32.1. The number of ether oxygens (including phenoxy) is 3. The molecule has 0 atom stereocenters. The van der Waals surface area contributed by atoms with E-state index < -0.39 is 0 Å². The van der Waals surface area contributed by atoms with Crippen molar-refractivity contribution in [1.82, 2.24) is 10.3 Å². The topological polar surface area (TPSA) is 52.6 Å². The Labute approximate surface area is 127 Å². The molecule has 112 valence electrons. The second-order valence-electron chi connectivity index (χ2n) is 4.59. The van der Waals surface area contributed by atoms with Gasteiger partial charge >= 0.3 is 0 Å². The van der Waals surface area contributed by atoms with Crippen molar-refractivity contribution in [3.63, 3.8) is 0 Å². The minimum absolute atomic E-state index is 0.297. The van der Waals surface area contributed by atoms with Gasteiger partial charge in [0.15, 0.2) is 11.5 Å². The molecule has 2 heterocycles. The standard InChI is InChI=1S/C15H18N2O3S/c1-2-18-6-5-16-8-12-9-21-15(17-12)11-3-4-13-14(7-11)20-10-19-13/h3-4,7,9,16H,2,5-6,8,10H2,1H3. The first kappa shape index (κ1) is 14.3. The maximum Gasteiger partial charge on any atom is 0.231 e. The van der Waals surface area contributed by atoms with Crippen LogP contribution in [0.4, 0.5) is 0 Å². The van der Waals surface area contributed by atoms with Gasteiger partial charge in [0.2, 0.25) is 6.79 Å². The van der Waals surface area contributed by atoms with Crippen LogP contribution in [-0.2, 0) is 11.3 Å². The van der Waals surface area contributed by atoms with Gasteiger partial charge in [0.25, 0.3) is 0 Å². The Kier molecular flexibility index (Phi) is 4.69. The van der Waals surface area contributed by atoms with E-state index in [4.69, 9.17) is 14.2 Å². The predicted octanol–water partition coefficient (Wildman–Crippen LogP) is 2.66. The van der Waals surface area contributed by atoms with Gasteiger partial charge in [-0.25, -0.2) is 4.98 Å². The van der Waals surface area contributed by atoms with Gasteiger partial charge in [-0.2, -0.15) is 0 Å². The van der Waals surface area contributed by atoms with Crippen molar-refractivity contribution in [3.05, 3.63) is 29.3 Å². The summed E-state index contributed by atoms with van der Waals surface area (Å²) in [5.41, 5.74) is 2.11. The molecule has 1 N–H and O–H groups in total. The minimum Gasteiger partial charge on any atom is -0.454 e. The summed E-state index contributed by atoms with van der Waals surface area (Å²) in [5, 5.41) is 6.39. The zero-order valence-corrected chi connectivity index (χ0v) is 12.7. The number of hydrogen-bond acceptors (Lipinski definition) is 6. The van der Waals surface area contributed by atoms with E-state index in [0.29, 0.717) is 6.79 Å². The fourth-order valence-corrected chi connectivity index (χ4v) is 2.87. The second-order valence-corrected chi connectivity index (χ2v) is 5.44. The molecule has 3 rings (SSSR count). The number of aromatic nitrogens is 1. The fraction of sp³-hybridized carbons (Fsp3) is 0.400. The third-order valence-electron chi connectivity index (χ3n) is 3.10. The third kappa shape index (κ3) is 3.53. The highest BCUT2D eigenvalue weighted by Crippen LogP contribution is 2.36. The number of nitrogens with zero attached hydrogens (tertiary/aromatic N) is 1. The van der Waals surface area contributed by atoms with Crippen LogP contribution >= 0.6 is 11.3 Å². The van der Waals surface area contributed by atoms with Gasteiger partial charge in [0.1, 0.15) is 5.01 Å². The van der Waals surface area contributed by atoms with E-state index in [1.165, 1.54) is 0 Å². The van der Waals surface area contributed by atoms with Crippen molar-refractivity contribution in [1.29, 1.82) is 0 Å². The minimum atomic E-state index is 0.297. The largest absolute Gasteiger partial charge is 0.454 e. The van der Waals surface area contributed by atoms with Gasteiger partial charge in [0, 0.05) is 30.6 Å². The summed E-state index contributed by atoms with van der Waals surface area (Å²) in [6.45, 7) is 5.38. The molecule has 0 bridgehead atoms. The molecule has 0 aliphatic carbocycles. The lowest BCUT2D eigenvalue weighted by molar-refractivity contribution is 0.149. The van der Waals surface area contributed by atoms with Gasteiger partial charge in [-0.3, -0.25) is 0 Å². The Morgan fingerprint density at radius 2 is 2.24 bits per heavy atom.